The van der Waals surface area contributed by atoms with Crippen LogP contribution in [0.1, 0.15) is 17.5 Å². The van der Waals surface area contributed by atoms with Gasteiger partial charge < -0.3 is 0 Å². The van der Waals surface area contributed by atoms with Crippen LogP contribution >= 0.6 is 0 Å². The van der Waals surface area contributed by atoms with Crippen LogP contribution in [0.5, 0.6) is 0 Å². The lowest BCUT2D eigenvalue weighted by atomic mass is 9.85. The van der Waals surface area contributed by atoms with E-state index in [-0.39, 0.29) is 0 Å². The number of aryl methyl sites for hydroxylation is 1. The van der Waals surface area contributed by atoms with Crippen LogP contribution in [-0.4, -0.2) is 0 Å². The van der Waals surface area contributed by atoms with E-state index < -0.39 is 0 Å². The van der Waals surface area contributed by atoms with Crippen molar-refractivity contribution in [1.29, 1.82) is 0 Å². The van der Waals surface area contributed by atoms with Crippen molar-refractivity contribution in [3.05, 3.63) is 42.3 Å². The first kappa shape index (κ1) is 6.90. The molecule has 1 aromatic rings. The van der Waals surface area contributed by atoms with E-state index in [4.69, 9.17) is 0 Å². The second kappa shape index (κ2) is 2.69. The fraction of sp³-hybridized carbons (Fsp3) is 0.364. The monoisotopic (exact) mass is 145 g/mol. The van der Waals surface area contributed by atoms with Crippen molar-refractivity contribution in [3.63, 3.8) is 0 Å². The molecule has 0 saturated carbocycles. The van der Waals surface area contributed by atoms with Crippen LogP contribution in [0.4, 0.5) is 0 Å². The molecule has 0 bridgehead atoms. The third kappa shape index (κ3) is 1.30. The summed E-state index contributed by atoms with van der Waals surface area (Å²) in [6.45, 7) is 4.10. The lowest BCUT2D eigenvalue weighted by Gasteiger charge is -2.20. The minimum atomic E-state index is 0.643. The second-order valence-electron chi connectivity index (χ2n) is 3.38. The van der Waals surface area contributed by atoms with E-state index in [2.05, 4.69) is 31.2 Å². The van der Waals surface area contributed by atoms with Gasteiger partial charge in [-0.1, -0.05) is 24.3 Å². The zero-order valence-corrected chi connectivity index (χ0v) is 6.72. The van der Waals surface area contributed by atoms with Crippen molar-refractivity contribution < 1.29 is 0 Å². The Morgan fingerprint density at radius 1 is 1.18 bits per heavy atom. The van der Waals surface area contributed by atoms with E-state index in [1.165, 1.54) is 30.4 Å². The largest absolute Gasteiger partial charge is 0.0620 e. The van der Waals surface area contributed by atoms with E-state index in [0.29, 0.717) is 5.92 Å². The fourth-order valence-corrected chi connectivity index (χ4v) is 1.77. The first-order valence-corrected chi connectivity index (χ1v) is 4.26. The smallest absolute Gasteiger partial charge is 0.0248 e. The Morgan fingerprint density at radius 3 is 2.73 bits per heavy atom. The topological polar surface area (TPSA) is 0 Å². The molecule has 0 amide bonds. The molecule has 1 atom stereocenters. The first-order chi connectivity index (χ1) is 5.36. The van der Waals surface area contributed by atoms with E-state index >= 15 is 0 Å². The third-order valence-electron chi connectivity index (χ3n) is 2.45. The minimum absolute atomic E-state index is 0.643. The Hall–Kier alpha value is -0.780. The van der Waals surface area contributed by atoms with Crippen molar-refractivity contribution >= 4 is 0 Å². The van der Waals surface area contributed by atoms with Gasteiger partial charge in [0.2, 0.25) is 0 Å². The first-order valence-electron chi connectivity index (χ1n) is 4.26. The van der Waals surface area contributed by atoms with E-state index in [1.807, 2.05) is 0 Å². The predicted molar refractivity (Wildman–Crippen MR) is 47.3 cm³/mol. The number of fused-ring (bicyclic) bond motifs is 1. The summed E-state index contributed by atoms with van der Waals surface area (Å²) in [6.07, 6.45) is 3.66. The number of hydrogen-bond donors (Lipinski definition) is 0. The molecular weight excluding hydrogens is 132 g/mol. The molecule has 0 heterocycles. The highest BCUT2D eigenvalue weighted by Crippen LogP contribution is 2.24. The quantitative estimate of drug-likeness (QED) is 0.526. The molecule has 1 aromatic carbocycles. The molecule has 0 aliphatic heterocycles. The molecule has 0 aromatic heterocycles. The summed E-state index contributed by atoms with van der Waals surface area (Å²) in [5, 5.41) is 0. The Balaban J connectivity index is 2.34. The highest BCUT2D eigenvalue weighted by atomic mass is 14.2. The Labute approximate surface area is 68.3 Å². The normalized spacial score (nSPS) is 22.8. The lowest BCUT2D eigenvalue weighted by Crippen LogP contribution is -2.10. The molecule has 0 fully saturated rings. The molecule has 0 heteroatoms. The van der Waals surface area contributed by atoms with Crippen molar-refractivity contribution in [3.8, 4) is 0 Å². The van der Waals surface area contributed by atoms with Crippen LogP contribution in [0.2, 0.25) is 0 Å². The van der Waals surface area contributed by atoms with Gasteiger partial charge in [0.25, 0.3) is 0 Å². The van der Waals surface area contributed by atoms with Gasteiger partial charge >= 0.3 is 0 Å². The fourth-order valence-electron chi connectivity index (χ4n) is 1.77. The molecule has 0 spiro atoms. The molecule has 1 aliphatic carbocycles. The summed E-state index contributed by atoms with van der Waals surface area (Å²) in [6, 6.07) is 8.72. The van der Waals surface area contributed by atoms with Crippen molar-refractivity contribution in [2.24, 2.45) is 5.92 Å². The van der Waals surface area contributed by atoms with Gasteiger partial charge in [-0.05, 0) is 43.2 Å². The average molecular weight is 145 g/mol. The Bertz CT molecular complexity index is 250. The third-order valence-corrected chi connectivity index (χ3v) is 2.45. The molecule has 1 unspecified atom stereocenters. The highest BCUT2D eigenvalue weighted by molar-refractivity contribution is 5.29. The summed E-state index contributed by atoms with van der Waals surface area (Å²) >= 11 is 0. The van der Waals surface area contributed by atoms with Crippen LogP contribution in [-0.2, 0) is 12.8 Å². The maximum Gasteiger partial charge on any atom is -0.0248 e. The average Bonchev–Trinajstić information content (AvgIpc) is 2.04. The van der Waals surface area contributed by atoms with Gasteiger partial charge in [-0.3, -0.25) is 0 Å². The standard InChI is InChI=1S/C11H13/c1-9-6-7-10-4-2-3-5-11(10)8-9/h2-5,9H,1,6-8H2. The molecular formula is C11H13. The second-order valence-corrected chi connectivity index (χ2v) is 3.38. The van der Waals surface area contributed by atoms with E-state index in [0.717, 1.165) is 0 Å². The van der Waals surface area contributed by atoms with Crippen molar-refractivity contribution in [1.82, 2.24) is 0 Å². The maximum atomic E-state index is 4.10. The van der Waals surface area contributed by atoms with Crippen LogP contribution in [0.25, 0.3) is 0 Å². The summed E-state index contributed by atoms with van der Waals surface area (Å²) in [5.74, 6) is 0.643. The minimum Gasteiger partial charge on any atom is -0.0620 e. The van der Waals surface area contributed by atoms with Gasteiger partial charge in [0, 0.05) is 0 Å². The van der Waals surface area contributed by atoms with Gasteiger partial charge in [0.1, 0.15) is 0 Å². The van der Waals surface area contributed by atoms with Gasteiger partial charge in [-0.2, -0.15) is 0 Å². The highest BCUT2D eigenvalue weighted by Gasteiger charge is 2.13. The summed E-state index contributed by atoms with van der Waals surface area (Å²) in [5.41, 5.74) is 3.05. The van der Waals surface area contributed by atoms with Gasteiger partial charge in [0.05, 0.1) is 0 Å². The van der Waals surface area contributed by atoms with Crippen LogP contribution < -0.4 is 0 Å². The zero-order valence-electron chi connectivity index (χ0n) is 6.72. The molecule has 1 radical (unpaired) electrons. The van der Waals surface area contributed by atoms with Crippen LogP contribution in [0.3, 0.4) is 0 Å². The summed E-state index contributed by atoms with van der Waals surface area (Å²) in [4.78, 5) is 0. The molecule has 2 rings (SSSR count). The summed E-state index contributed by atoms with van der Waals surface area (Å²) < 4.78 is 0. The van der Waals surface area contributed by atoms with E-state index in [1.54, 1.807) is 0 Å². The Morgan fingerprint density at radius 2 is 1.91 bits per heavy atom. The molecule has 0 saturated heterocycles. The van der Waals surface area contributed by atoms with Crippen molar-refractivity contribution in [2.45, 2.75) is 19.3 Å². The molecule has 0 N–H and O–H groups in total. The Kier molecular flexibility index (Phi) is 1.69. The lowest BCUT2D eigenvalue weighted by molar-refractivity contribution is 0.549. The zero-order chi connectivity index (χ0) is 7.68. The van der Waals surface area contributed by atoms with Crippen LogP contribution in [0.15, 0.2) is 24.3 Å². The van der Waals surface area contributed by atoms with Gasteiger partial charge in [-0.25, -0.2) is 0 Å². The van der Waals surface area contributed by atoms with Crippen LogP contribution in [0, 0.1) is 12.8 Å². The van der Waals surface area contributed by atoms with Gasteiger partial charge in [0.15, 0.2) is 0 Å². The summed E-state index contributed by atoms with van der Waals surface area (Å²) in [7, 11) is 0. The molecule has 0 nitrogen and oxygen atoms in total. The predicted octanol–water partition coefficient (Wildman–Crippen LogP) is 2.63. The van der Waals surface area contributed by atoms with Gasteiger partial charge in [-0.15, -0.1) is 0 Å². The molecule has 1 aliphatic rings. The van der Waals surface area contributed by atoms with E-state index in [9.17, 15) is 0 Å². The molecule has 11 heavy (non-hydrogen) atoms. The number of hydrogen-bond acceptors (Lipinski definition) is 0. The SMILES string of the molecule is [CH2]C1CCc2ccccc2C1. The maximum absolute atomic E-state index is 4.10. The molecule has 57 valence electrons. The van der Waals surface area contributed by atoms with Crippen molar-refractivity contribution in [2.75, 3.05) is 0 Å². The number of benzene rings is 1. The number of rotatable bonds is 0.